The molecule has 2 aromatic rings. The number of thiophene rings is 1. The van der Waals surface area contributed by atoms with Crippen molar-refractivity contribution in [1.82, 2.24) is 4.90 Å². The number of thioether (sulfide) groups is 1. The summed E-state index contributed by atoms with van der Waals surface area (Å²) in [5.41, 5.74) is 6.80. The Hall–Kier alpha value is -1.20. The maximum atomic E-state index is 12.7. The molecule has 1 aromatic carbocycles. The van der Waals surface area contributed by atoms with Crippen LogP contribution in [0, 0.1) is 0 Å². The molecule has 1 amide bonds. The van der Waals surface area contributed by atoms with Gasteiger partial charge in [-0.1, -0.05) is 18.2 Å². The molecule has 0 unspecified atom stereocenters. The van der Waals surface area contributed by atoms with Gasteiger partial charge < -0.3 is 10.6 Å². The van der Waals surface area contributed by atoms with E-state index < -0.39 is 0 Å². The highest BCUT2D eigenvalue weighted by Gasteiger charge is 2.31. The molecule has 0 bridgehead atoms. The first-order valence-electron chi connectivity index (χ1n) is 6.68. The molecule has 3 rings (SSSR count). The number of amides is 1. The van der Waals surface area contributed by atoms with E-state index in [0.717, 1.165) is 28.9 Å². The van der Waals surface area contributed by atoms with Gasteiger partial charge in [0.2, 0.25) is 0 Å². The van der Waals surface area contributed by atoms with Crippen molar-refractivity contribution in [3.05, 3.63) is 29.1 Å². The van der Waals surface area contributed by atoms with E-state index >= 15 is 0 Å². The van der Waals surface area contributed by atoms with Gasteiger partial charge in [0.25, 0.3) is 5.91 Å². The van der Waals surface area contributed by atoms with Gasteiger partial charge in [0.1, 0.15) is 4.88 Å². The molecule has 1 aliphatic heterocycles. The van der Waals surface area contributed by atoms with E-state index in [0.29, 0.717) is 10.6 Å². The van der Waals surface area contributed by atoms with Crippen LogP contribution in [0.2, 0.25) is 0 Å². The highest BCUT2D eigenvalue weighted by atomic mass is 32.2. The summed E-state index contributed by atoms with van der Waals surface area (Å²) < 4.78 is 1.21. The Morgan fingerprint density at radius 2 is 2.10 bits per heavy atom. The van der Waals surface area contributed by atoms with Crippen LogP contribution in [0.4, 0.5) is 5.69 Å². The van der Waals surface area contributed by atoms with Crippen molar-refractivity contribution in [1.29, 1.82) is 0 Å². The van der Waals surface area contributed by atoms with Gasteiger partial charge >= 0.3 is 0 Å². The molecule has 106 valence electrons. The lowest BCUT2D eigenvalue weighted by molar-refractivity contribution is 0.0754. The minimum absolute atomic E-state index is 0.0806. The lowest BCUT2D eigenvalue weighted by atomic mass is 10.1. The fourth-order valence-corrected chi connectivity index (χ4v) is 4.76. The molecule has 20 heavy (non-hydrogen) atoms. The molecule has 0 saturated carbocycles. The smallest absolute Gasteiger partial charge is 0.266 e. The highest BCUT2D eigenvalue weighted by Crippen LogP contribution is 2.36. The van der Waals surface area contributed by atoms with Gasteiger partial charge in [-0.25, -0.2) is 0 Å². The number of hydrogen-bond donors (Lipinski definition) is 1. The van der Waals surface area contributed by atoms with Gasteiger partial charge in [-0.2, -0.15) is 11.8 Å². The monoisotopic (exact) mass is 306 g/mol. The molecular weight excluding hydrogens is 288 g/mol. The van der Waals surface area contributed by atoms with Crippen molar-refractivity contribution in [3.63, 3.8) is 0 Å². The Bertz CT molecular complexity index is 663. The third-order valence-electron chi connectivity index (χ3n) is 3.54. The number of anilines is 1. The molecular formula is C15H18N2OS2. The van der Waals surface area contributed by atoms with Crippen molar-refractivity contribution in [2.75, 3.05) is 24.6 Å². The third-order valence-corrected chi connectivity index (χ3v) is 6.01. The van der Waals surface area contributed by atoms with Crippen LogP contribution in [0.5, 0.6) is 0 Å². The standard InChI is InChI=1S/C15H18N2OS2/c1-15(2)9-17(7-8-19-15)14(18)13-12(16)10-5-3-4-6-11(10)20-13/h3-6H,7-9,16H2,1-2H3. The quantitative estimate of drug-likeness (QED) is 0.878. The first-order valence-corrected chi connectivity index (χ1v) is 8.48. The Kier molecular flexibility index (Phi) is 3.42. The molecule has 0 aliphatic carbocycles. The zero-order valence-corrected chi connectivity index (χ0v) is 13.3. The van der Waals surface area contributed by atoms with Crippen molar-refractivity contribution >= 4 is 44.8 Å². The molecule has 1 saturated heterocycles. The van der Waals surface area contributed by atoms with Crippen LogP contribution >= 0.6 is 23.1 Å². The first kappa shape index (κ1) is 13.8. The molecule has 0 radical (unpaired) electrons. The van der Waals surface area contributed by atoms with E-state index in [4.69, 9.17) is 5.73 Å². The average molecular weight is 306 g/mol. The van der Waals surface area contributed by atoms with E-state index in [1.807, 2.05) is 40.9 Å². The topological polar surface area (TPSA) is 46.3 Å². The lowest BCUT2D eigenvalue weighted by Gasteiger charge is -2.37. The van der Waals surface area contributed by atoms with Crippen LogP contribution in [0.3, 0.4) is 0 Å². The number of carbonyl (C=O) groups is 1. The second kappa shape index (κ2) is 4.97. The van der Waals surface area contributed by atoms with Crippen LogP contribution in [0.1, 0.15) is 23.5 Å². The Morgan fingerprint density at radius 3 is 2.80 bits per heavy atom. The molecule has 1 aliphatic rings. The number of nitrogens with zero attached hydrogens (tertiary/aromatic N) is 1. The summed E-state index contributed by atoms with van der Waals surface area (Å²) in [5.74, 6) is 1.07. The summed E-state index contributed by atoms with van der Waals surface area (Å²) in [4.78, 5) is 15.4. The maximum Gasteiger partial charge on any atom is 0.266 e. The number of nitrogens with two attached hydrogens (primary N) is 1. The van der Waals surface area contributed by atoms with Crippen molar-refractivity contribution in [3.8, 4) is 0 Å². The number of benzene rings is 1. The minimum Gasteiger partial charge on any atom is -0.397 e. The number of hydrogen-bond acceptors (Lipinski definition) is 4. The van der Waals surface area contributed by atoms with Crippen molar-refractivity contribution < 1.29 is 4.79 Å². The van der Waals surface area contributed by atoms with E-state index in [1.54, 1.807) is 0 Å². The van der Waals surface area contributed by atoms with Gasteiger partial charge in [-0.15, -0.1) is 11.3 Å². The summed E-state index contributed by atoms with van der Waals surface area (Å²) in [6.07, 6.45) is 0. The number of fused-ring (bicyclic) bond motifs is 1. The molecule has 3 nitrogen and oxygen atoms in total. The summed E-state index contributed by atoms with van der Waals surface area (Å²) in [7, 11) is 0. The Morgan fingerprint density at radius 1 is 1.35 bits per heavy atom. The predicted molar refractivity (Wildman–Crippen MR) is 88.7 cm³/mol. The SMILES string of the molecule is CC1(C)CN(C(=O)c2sc3ccccc3c2N)CCS1. The van der Waals surface area contributed by atoms with Crippen LogP contribution in [0.25, 0.3) is 10.1 Å². The molecule has 2 heterocycles. The van der Waals surface area contributed by atoms with Gasteiger partial charge in [-0.05, 0) is 19.9 Å². The lowest BCUT2D eigenvalue weighted by Crippen LogP contribution is -2.46. The molecule has 0 spiro atoms. The molecule has 5 heteroatoms. The maximum absolute atomic E-state index is 12.7. The Balaban J connectivity index is 1.94. The van der Waals surface area contributed by atoms with Gasteiger partial charge in [0, 0.05) is 33.7 Å². The van der Waals surface area contributed by atoms with E-state index in [2.05, 4.69) is 13.8 Å². The zero-order valence-electron chi connectivity index (χ0n) is 11.7. The van der Waals surface area contributed by atoms with Gasteiger partial charge in [-0.3, -0.25) is 4.79 Å². The number of rotatable bonds is 1. The second-order valence-electron chi connectivity index (χ2n) is 5.68. The normalized spacial score (nSPS) is 18.4. The van der Waals surface area contributed by atoms with Crippen LogP contribution in [0.15, 0.2) is 24.3 Å². The molecule has 2 N–H and O–H groups in total. The summed E-state index contributed by atoms with van der Waals surface area (Å²) in [6.45, 7) is 5.96. The van der Waals surface area contributed by atoms with Crippen molar-refractivity contribution in [2.45, 2.75) is 18.6 Å². The summed E-state index contributed by atoms with van der Waals surface area (Å²) in [5, 5.41) is 0.992. The van der Waals surface area contributed by atoms with Crippen LogP contribution in [-0.2, 0) is 0 Å². The fourth-order valence-electron chi connectivity index (χ4n) is 2.56. The molecule has 0 atom stereocenters. The fraction of sp³-hybridized carbons (Fsp3) is 0.400. The number of carbonyl (C=O) groups excluding carboxylic acids is 1. The van der Waals surface area contributed by atoms with Crippen molar-refractivity contribution in [2.24, 2.45) is 0 Å². The highest BCUT2D eigenvalue weighted by molar-refractivity contribution is 8.00. The first-order chi connectivity index (χ1) is 9.48. The number of nitrogen functional groups attached to an aromatic ring is 1. The second-order valence-corrected chi connectivity index (χ2v) is 8.53. The minimum atomic E-state index is 0.0806. The van der Waals surface area contributed by atoms with Crippen LogP contribution in [-0.4, -0.2) is 34.4 Å². The molecule has 1 aromatic heterocycles. The average Bonchev–Trinajstić information content (AvgIpc) is 2.75. The Labute approximate surface area is 127 Å². The zero-order chi connectivity index (χ0) is 14.3. The summed E-state index contributed by atoms with van der Waals surface area (Å²) in [6, 6.07) is 7.94. The van der Waals surface area contributed by atoms with E-state index in [-0.39, 0.29) is 10.7 Å². The largest absolute Gasteiger partial charge is 0.397 e. The van der Waals surface area contributed by atoms with E-state index in [1.165, 1.54) is 11.3 Å². The summed E-state index contributed by atoms with van der Waals surface area (Å²) >= 11 is 3.43. The third kappa shape index (κ3) is 2.40. The predicted octanol–water partition coefficient (Wildman–Crippen LogP) is 3.45. The van der Waals surface area contributed by atoms with Gasteiger partial charge in [0.15, 0.2) is 0 Å². The van der Waals surface area contributed by atoms with Gasteiger partial charge in [0.05, 0.1) is 5.69 Å². The van der Waals surface area contributed by atoms with Crippen LogP contribution < -0.4 is 5.73 Å². The van der Waals surface area contributed by atoms with E-state index in [9.17, 15) is 4.79 Å². The molecule has 1 fully saturated rings.